The van der Waals surface area contributed by atoms with Gasteiger partial charge in [0.2, 0.25) is 21.8 Å². The van der Waals surface area contributed by atoms with Gasteiger partial charge in [-0.25, -0.2) is 12.8 Å². The summed E-state index contributed by atoms with van der Waals surface area (Å²) in [6, 6.07) is 10.4. The maximum absolute atomic E-state index is 14.3. The zero-order chi connectivity index (χ0) is 24.8. The van der Waals surface area contributed by atoms with E-state index in [1.807, 2.05) is 13.8 Å². The molecule has 0 aliphatic carbocycles. The topological polar surface area (TPSA) is 86.8 Å². The molecule has 0 aromatic heterocycles. The van der Waals surface area contributed by atoms with Gasteiger partial charge in [-0.3, -0.25) is 9.59 Å². The summed E-state index contributed by atoms with van der Waals surface area (Å²) in [7, 11) is -2.71. The van der Waals surface area contributed by atoms with Gasteiger partial charge in [0.1, 0.15) is 11.9 Å². The zero-order valence-corrected chi connectivity index (χ0v) is 20.7. The highest BCUT2D eigenvalue weighted by atomic mass is 35.5. The lowest BCUT2D eigenvalue weighted by atomic mass is 10.1. The van der Waals surface area contributed by atoms with Crippen LogP contribution in [0.25, 0.3) is 0 Å². The van der Waals surface area contributed by atoms with E-state index in [0.717, 1.165) is 4.31 Å². The summed E-state index contributed by atoms with van der Waals surface area (Å²) in [6.07, 6.45) is 0.696. The molecule has 0 bridgehead atoms. The Morgan fingerprint density at radius 1 is 1.09 bits per heavy atom. The SMILES string of the molecule is CC[C@@H](C)NC(=O)[C@@H](C)N(Cc1ccccc1F)C(=O)CN(C)S(=O)(=O)c1ccc(Cl)cc1. The summed E-state index contributed by atoms with van der Waals surface area (Å²) < 4.78 is 40.9. The molecule has 0 saturated heterocycles. The first-order valence-electron chi connectivity index (χ1n) is 10.5. The number of carbonyl (C=O) groups excluding carboxylic acids is 2. The Bertz CT molecular complexity index is 1080. The molecule has 0 heterocycles. The summed E-state index contributed by atoms with van der Waals surface area (Å²) >= 11 is 5.83. The molecule has 0 aliphatic rings. The molecule has 2 rings (SSSR count). The molecule has 0 saturated carbocycles. The second kappa shape index (κ2) is 11.6. The molecule has 2 atom stereocenters. The lowest BCUT2D eigenvalue weighted by molar-refractivity contribution is -0.140. The number of carbonyl (C=O) groups is 2. The normalized spacial score (nSPS) is 13.4. The van der Waals surface area contributed by atoms with Gasteiger partial charge < -0.3 is 10.2 Å². The minimum Gasteiger partial charge on any atom is -0.352 e. The van der Waals surface area contributed by atoms with Gasteiger partial charge in [-0.15, -0.1) is 0 Å². The van der Waals surface area contributed by atoms with E-state index in [0.29, 0.717) is 11.4 Å². The first-order valence-corrected chi connectivity index (χ1v) is 12.3. The van der Waals surface area contributed by atoms with Crippen molar-refractivity contribution in [1.82, 2.24) is 14.5 Å². The molecular formula is C23H29ClFN3O4S. The van der Waals surface area contributed by atoms with Crippen molar-refractivity contribution >= 4 is 33.4 Å². The maximum atomic E-state index is 14.3. The monoisotopic (exact) mass is 497 g/mol. The van der Waals surface area contributed by atoms with Gasteiger partial charge in [0.05, 0.1) is 11.4 Å². The van der Waals surface area contributed by atoms with Crippen molar-refractivity contribution in [3.05, 3.63) is 64.9 Å². The van der Waals surface area contributed by atoms with Crippen LogP contribution >= 0.6 is 11.6 Å². The Labute approximate surface area is 199 Å². The molecule has 2 amide bonds. The van der Waals surface area contributed by atoms with Gasteiger partial charge in [0.25, 0.3) is 0 Å². The fraction of sp³-hybridized carbons (Fsp3) is 0.391. The van der Waals surface area contributed by atoms with Gasteiger partial charge in [-0.1, -0.05) is 36.7 Å². The van der Waals surface area contributed by atoms with Crippen molar-refractivity contribution in [2.24, 2.45) is 0 Å². The van der Waals surface area contributed by atoms with Crippen molar-refractivity contribution in [2.45, 2.75) is 50.7 Å². The van der Waals surface area contributed by atoms with E-state index in [9.17, 15) is 22.4 Å². The molecule has 33 heavy (non-hydrogen) atoms. The second-order valence-corrected chi connectivity index (χ2v) is 10.3. The minimum absolute atomic E-state index is 0.0228. The number of hydrogen-bond donors (Lipinski definition) is 1. The standard InChI is InChI=1S/C23H29ClFN3O4S/c1-5-16(2)26-23(30)17(3)28(14-18-8-6-7-9-21(18)25)22(29)15-27(4)33(31,32)20-12-10-19(24)11-13-20/h6-13,16-17H,5,14-15H2,1-4H3,(H,26,30)/t16-,17-/m1/s1. The number of nitrogens with zero attached hydrogens (tertiary/aromatic N) is 2. The summed E-state index contributed by atoms with van der Waals surface area (Å²) in [5.74, 6) is -1.56. The van der Waals surface area contributed by atoms with Crippen LogP contribution in [0.1, 0.15) is 32.8 Å². The molecule has 0 spiro atoms. The third-order valence-corrected chi connectivity index (χ3v) is 7.42. The molecule has 180 valence electrons. The number of hydrogen-bond acceptors (Lipinski definition) is 4. The van der Waals surface area contributed by atoms with Crippen LogP contribution in [0.2, 0.25) is 5.02 Å². The van der Waals surface area contributed by atoms with Crippen molar-refractivity contribution < 1.29 is 22.4 Å². The van der Waals surface area contributed by atoms with Crippen LogP contribution < -0.4 is 5.32 Å². The van der Waals surface area contributed by atoms with E-state index in [1.165, 1.54) is 61.3 Å². The molecular weight excluding hydrogens is 469 g/mol. The molecule has 2 aromatic carbocycles. The number of benzene rings is 2. The van der Waals surface area contributed by atoms with Gasteiger partial charge in [0, 0.05) is 30.2 Å². The van der Waals surface area contributed by atoms with Crippen LogP contribution in [-0.2, 0) is 26.2 Å². The highest BCUT2D eigenvalue weighted by Crippen LogP contribution is 2.19. The first kappa shape index (κ1) is 26.8. The molecule has 0 fully saturated rings. The van der Waals surface area contributed by atoms with Crippen molar-refractivity contribution in [3.63, 3.8) is 0 Å². The first-order chi connectivity index (χ1) is 15.5. The van der Waals surface area contributed by atoms with Crippen LogP contribution in [0.15, 0.2) is 53.4 Å². The minimum atomic E-state index is -3.98. The molecule has 0 radical (unpaired) electrons. The van der Waals surface area contributed by atoms with E-state index >= 15 is 0 Å². The van der Waals surface area contributed by atoms with Crippen LogP contribution in [0.4, 0.5) is 4.39 Å². The zero-order valence-electron chi connectivity index (χ0n) is 19.1. The van der Waals surface area contributed by atoms with Crippen LogP contribution in [0.5, 0.6) is 0 Å². The summed E-state index contributed by atoms with van der Waals surface area (Å²) in [5.41, 5.74) is 0.220. The van der Waals surface area contributed by atoms with Gasteiger partial charge >= 0.3 is 0 Å². The highest BCUT2D eigenvalue weighted by molar-refractivity contribution is 7.89. The fourth-order valence-corrected chi connectivity index (χ4v) is 4.26. The number of sulfonamides is 1. The van der Waals surface area contributed by atoms with E-state index in [2.05, 4.69) is 5.32 Å². The predicted molar refractivity (Wildman–Crippen MR) is 126 cm³/mol. The average molecular weight is 498 g/mol. The van der Waals surface area contributed by atoms with Crippen molar-refractivity contribution in [2.75, 3.05) is 13.6 Å². The van der Waals surface area contributed by atoms with Crippen molar-refractivity contribution in [1.29, 1.82) is 0 Å². The number of halogens is 2. The molecule has 7 nitrogen and oxygen atoms in total. The number of nitrogens with one attached hydrogen (secondary N) is 1. The van der Waals surface area contributed by atoms with Crippen LogP contribution in [0.3, 0.4) is 0 Å². The third-order valence-electron chi connectivity index (χ3n) is 5.35. The Balaban J connectivity index is 2.29. The second-order valence-electron chi connectivity index (χ2n) is 7.82. The maximum Gasteiger partial charge on any atom is 0.243 e. The van der Waals surface area contributed by atoms with Crippen molar-refractivity contribution in [3.8, 4) is 0 Å². The van der Waals surface area contributed by atoms with E-state index in [4.69, 9.17) is 11.6 Å². The Morgan fingerprint density at radius 2 is 1.70 bits per heavy atom. The van der Waals surface area contributed by atoms with Gasteiger partial charge in [0.15, 0.2) is 0 Å². The Hall–Kier alpha value is -2.49. The third kappa shape index (κ3) is 6.99. The Kier molecular flexibility index (Phi) is 9.39. The summed E-state index contributed by atoms with van der Waals surface area (Å²) in [4.78, 5) is 27.1. The number of likely N-dealkylation sites (N-methyl/N-ethyl adjacent to an activating group) is 1. The van der Waals surface area contributed by atoms with E-state index in [-0.39, 0.29) is 23.0 Å². The van der Waals surface area contributed by atoms with Crippen LogP contribution in [0, 0.1) is 5.82 Å². The smallest absolute Gasteiger partial charge is 0.243 e. The quantitative estimate of drug-likeness (QED) is 0.545. The fourth-order valence-electron chi connectivity index (χ4n) is 3.01. The molecule has 2 aromatic rings. The molecule has 1 N–H and O–H groups in total. The largest absolute Gasteiger partial charge is 0.352 e. The lowest BCUT2D eigenvalue weighted by Gasteiger charge is -2.31. The average Bonchev–Trinajstić information content (AvgIpc) is 2.78. The summed E-state index contributed by atoms with van der Waals surface area (Å²) in [5, 5.41) is 3.19. The van der Waals surface area contributed by atoms with E-state index in [1.54, 1.807) is 6.07 Å². The van der Waals surface area contributed by atoms with Crippen LogP contribution in [-0.4, -0.2) is 55.1 Å². The van der Waals surface area contributed by atoms with E-state index < -0.39 is 40.2 Å². The number of rotatable bonds is 10. The molecule has 0 aliphatic heterocycles. The number of amides is 2. The highest BCUT2D eigenvalue weighted by Gasteiger charge is 2.31. The van der Waals surface area contributed by atoms with Gasteiger partial charge in [-0.05, 0) is 50.6 Å². The van der Waals surface area contributed by atoms with Gasteiger partial charge in [-0.2, -0.15) is 4.31 Å². The molecule has 0 unspecified atom stereocenters. The summed E-state index contributed by atoms with van der Waals surface area (Å²) in [6.45, 7) is 4.56. The molecule has 10 heteroatoms. The Morgan fingerprint density at radius 3 is 2.27 bits per heavy atom. The predicted octanol–water partition coefficient (Wildman–Crippen LogP) is 3.43. The lowest BCUT2D eigenvalue weighted by Crippen LogP contribution is -2.52.